The van der Waals surface area contributed by atoms with Crippen molar-refractivity contribution in [3.05, 3.63) is 47.2 Å². The van der Waals surface area contributed by atoms with Gasteiger partial charge in [-0.15, -0.1) is 11.8 Å². The molecule has 0 atom stereocenters. The number of ether oxygens (including phenoxy) is 1. The van der Waals surface area contributed by atoms with Gasteiger partial charge in [0.2, 0.25) is 0 Å². The number of hydrogen-bond acceptors (Lipinski definition) is 5. The number of oxazole rings is 1. The fourth-order valence-electron chi connectivity index (χ4n) is 2.12. The summed E-state index contributed by atoms with van der Waals surface area (Å²) < 4.78 is 11.3. The van der Waals surface area contributed by atoms with Gasteiger partial charge in [0.25, 0.3) is 0 Å². The Hall–Kier alpha value is -1.95. The highest BCUT2D eigenvalue weighted by Gasteiger charge is 2.08. The van der Waals surface area contributed by atoms with E-state index in [4.69, 9.17) is 14.3 Å². The van der Waals surface area contributed by atoms with Crippen LogP contribution in [0.5, 0.6) is 5.75 Å². The van der Waals surface area contributed by atoms with Crippen molar-refractivity contribution in [3.8, 4) is 5.75 Å². The summed E-state index contributed by atoms with van der Waals surface area (Å²) in [6.45, 7) is 4.46. The number of rotatable bonds is 9. The number of aryl methyl sites for hydroxylation is 2. The molecule has 0 unspecified atom stereocenters. The van der Waals surface area contributed by atoms with Crippen molar-refractivity contribution in [2.75, 3.05) is 12.4 Å². The highest BCUT2D eigenvalue weighted by molar-refractivity contribution is 7.99. The normalized spacial score (nSPS) is 10.7. The molecule has 1 aromatic heterocycles. The van der Waals surface area contributed by atoms with Crippen LogP contribution in [0.1, 0.15) is 29.8 Å². The molecule has 1 aromatic carbocycles. The van der Waals surface area contributed by atoms with Gasteiger partial charge in [0.05, 0.1) is 18.1 Å². The molecule has 6 heteroatoms. The third-order valence-electron chi connectivity index (χ3n) is 3.24. The van der Waals surface area contributed by atoms with E-state index in [1.54, 1.807) is 0 Å². The van der Waals surface area contributed by atoms with Gasteiger partial charge in [0.1, 0.15) is 11.5 Å². The van der Waals surface area contributed by atoms with Gasteiger partial charge in [-0.1, -0.05) is 19.1 Å². The number of carbonyl (C=O) groups is 1. The molecule has 5 nitrogen and oxygen atoms in total. The van der Waals surface area contributed by atoms with Crippen LogP contribution in [0.2, 0.25) is 0 Å². The van der Waals surface area contributed by atoms with Crippen molar-refractivity contribution in [3.63, 3.8) is 0 Å². The Bertz CT molecular complexity index is 654. The monoisotopic (exact) mass is 335 g/mol. The summed E-state index contributed by atoms with van der Waals surface area (Å²) in [5, 5.41) is 8.65. The van der Waals surface area contributed by atoms with Crippen LogP contribution in [-0.4, -0.2) is 28.4 Å². The Morgan fingerprint density at radius 3 is 2.96 bits per heavy atom. The maximum absolute atomic E-state index is 10.5. The molecular weight excluding hydrogens is 314 g/mol. The minimum absolute atomic E-state index is 0.107. The first-order valence-electron chi connectivity index (χ1n) is 7.55. The molecule has 2 rings (SSSR count). The van der Waals surface area contributed by atoms with Crippen molar-refractivity contribution in [1.29, 1.82) is 0 Å². The van der Waals surface area contributed by atoms with Gasteiger partial charge in [-0.05, 0) is 24.6 Å². The third kappa shape index (κ3) is 5.63. The molecule has 0 aliphatic carbocycles. The van der Waals surface area contributed by atoms with Crippen LogP contribution in [0, 0.1) is 6.92 Å². The Morgan fingerprint density at radius 2 is 2.26 bits per heavy atom. The van der Waals surface area contributed by atoms with Crippen LogP contribution in [0.15, 0.2) is 28.7 Å². The fraction of sp³-hybridized carbons (Fsp3) is 0.412. The Morgan fingerprint density at radius 1 is 1.43 bits per heavy atom. The lowest BCUT2D eigenvalue weighted by Crippen LogP contribution is -2.03. The van der Waals surface area contributed by atoms with E-state index in [9.17, 15) is 4.79 Å². The SMILES string of the molecule is CCc1nc(CCOc2cccc(CSCC(=O)O)c2)c(C)o1. The highest BCUT2D eigenvalue weighted by atomic mass is 32.2. The summed E-state index contributed by atoms with van der Waals surface area (Å²) in [5.74, 6) is 2.37. The van der Waals surface area contributed by atoms with E-state index >= 15 is 0 Å². The van der Waals surface area contributed by atoms with Crippen molar-refractivity contribution < 1.29 is 19.1 Å². The Kier molecular flexibility index (Phi) is 6.52. The quantitative estimate of drug-likeness (QED) is 0.756. The van der Waals surface area contributed by atoms with E-state index in [-0.39, 0.29) is 5.75 Å². The van der Waals surface area contributed by atoms with Crippen molar-refractivity contribution in [2.45, 2.75) is 32.4 Å². The van der Waals surface area contributed by atoms with Gasteiger partial charge < -0.3 is 14.3 Å². The molecule has 23 heavy (non-hydrogen) atoms. The van der Waals surface area contributed by atoms with Crippen molar-refractivity contribution in [2.24, 2.45) is 0 Å². The minimum Gasteiger partial charge on any atom is -0.493 e. The van der Waals surface area contributed by atoms with Crippen LogP contribution in [-0.2, 0) is 23.4 Å². The molecule has 1 heterocycles. The molecule has 2 aromatic rings. The summed E-state index contributed by atoms with van der Waals surface area (Å²) in [4.78, 5) is 15.0. The third-order valence-corrected chi connectivity index (χ3v) is 4.23. The molecular formula is C17H21NO4S. The van der Waals surface area contributed by atoms with Crippen molar-refractivity contribution >= 4 is 17.7 Å². The summed E-state index contributed by atoms with van der Waals surface area (Å²) >= 11 is 1.37. The van der Waals surface area contributed by atoms with Gasteiger partial charge in [0.15, 0.2) is 5.89 Å². The van der Waals surface area contributed by atoms with E-state index in [0.29, 0.717) is 18.8 Å². The van der Waals surface area contributed by atoms with Gasteiger partial charge in [-0.2, -0.15) is 0 Å². The maximum Gasteiger partial charge on any atom is 0.313 e. The topological polar surface area (TPSA) is 72.6 Å². The van der Waals surface area contributed by atoms with Gasteiger partial charge in [0, 0.05) is 18.6 Å². The molecule has 0 radical (unpaired) electrons. The second-order valence-electron chi connectivity index (χ2n) is 5.10. The van der Waals surface area contributed by atoms with Gasteiger partial charge in [-0.25, -0.2) is 4.98 Å². The molecule has 0 amide bonds. The first-order chi connectivity index (χ1) is 11.1. The smallest absolute Gasteiger partial charge is 0.313 e. The zero-order chi connectivity index (χ0) is 16.7. The fourth-order valence-corrected chi connectivity index (χ4v) is 2.81. The van der Waals surface area contributed by atoms with Crippen LogP contribution < -0.4 is 4.74 Å². The van der Waals surface area contributed by atoms with E-state index < -0.39 is 5.97 Å². The average molecular weight is 335 g/mol. The lowest BCUT2D eigenvalue weighted by atomic mass is 10.2. The Labute approximate surface area is 140 Å². The predicted molar refractivity (Wildman–Crippen MR) is 90.1 cm³/mol. The zero-order valence-electron chi connectivity index (χ0n) is 13.4. The van der Waals surface area contributed by atoms with Crippen LogP contribution in [0.25, 0.3) is 0 Å². The van der Waals surface area contributed by atoms with E-state index in [1.165, 1.54) is 11.8 Å². The number of carboxylic acids is 1. The van der Waals surface area contributed by atoms with E-state index in [1.807, 2.05) is 38.1 Å². The summed E-state index contributed by atoms with van der Waals surface area (Å²) in [6, 6.07) is 7.74. The molecule has 0 saturated carbocycles. The summed E-state index contributed by atoms with van der Waals surface area (Å²) in [5.41, 5.74) is 2.00. The molecule has 0 fully saturated rings. The number of aromatic nitrogens is 1. The number of aliphatic carboxylic acids is 1. The first-order valence-corrected chi connectivity index (χ1v) is 8.70. The van der Waals surface area contributed by atoms with Gasteiger partial charge >= 0.3 is 5.97 Å². The van der Waals surface area contributed by atoms with E-state index in [0.717, 1.165) is 35.1 Å². The van der Waals surface area contributed by atoms with Crippen molar-refractivity contribution in [1.82, 2.24) is 4.98 Å². The van der Waals surface area contributed by atoms with Gasteiger partial charge in [-0.3, -0.25) is 4.79 Å². The lowest BCUT2D eigenvalue weighted by Gasteiger charge is -2.07. The van der Waals surface area contributed by atoms with Crippen LogP contribution in [0.3, 0.4) is 0 Å². The second kappa shape index (κ2) is 8.62. The van der Waals surface area contributed by atoms with Crippen LogP contribution in [0.4, 0.5) is 0 Å². The Balaban J connectivity index is 1.83. The zero-order valence-corrected chi connectivity index (χ0v) is 14.2. The lowest BCUT2D eigenvalue weighted by molar-refractivity contribution is -0.133. The largest absolute Gasteiger partial charge is 0.493 e. The molecule has 124 valence electrons. The minimum atomic E-state index is -0.795. The van der Waals surface area contributed by atoms with Crippen LogP contribution >= 0.6 is 11.8 Å². The number of nitrogens with zero attached hydrogens (tertiary/aromatic N) is 1. The molecule has 0 spiro atoms. The number of thioether (sulfide) groups is 1. The predicted octanol–water partition coefficient (Wildman–Crippen LogP) is 3.48. The molecule has 0 saturated heterocycles. The number of carboxylic acid groups (broad SMARTS) is 1. The summed E-state index contributed by atoms with van der Waals surface area (Å²) in [6.07, 6.45) is 1.49. The summed E-state index contributed by atoms with van der Waals surface area (Å²) in [7, 11) is 0. The number of benzene rings is 1. The maximum atomic E-state index is 10.5. The van der Waals surface area contributed by atoms with E-state index in [2.05, 4.69) is 4.98 Å². The average Bonchev–Trinajstić information content (AvgIpc) is 2.88. The highest BCUT2D eigenvalue weighted by Crippen LogP contribution is 2.19. The standard InChI is InChI=1S/C17H21NO4S/c1-3-16-18-15(12(2)22-16)7-8-21-14-6-4-5-13(9-14)10-23-11-17(19)20/h4-6,9H,3,7-8,10-11H2,1-2H3,(H,19,20). The molecule has 0 aliphatic heterocycles. The second-order valence-corrected chi connectivity index (χ2v) is 6.08. The first kappa shape index (κ1) is 17.4. The molecule has 1 N–H and O–H groups in total. The number of hydrogen-bond donors (Lipinski definition) is 1. The molecule has 0 aliphatic rings. The molecule has 0 bridgehead atoms.